The first-order valence-corrected chi connectivity index (χ1v) is 5.14. The molecule has 90 valence electrons. The van der Waals surface area contributed by atoms with Gasteiger partial charge in [0.25, 0.3) is 0 Å². The first-order valence-electron chi connectivity index (χ1n) is 4.76. The van der Waals surface area contributed by atoms with E-state index < -0.39 is 0 Å². The van der Waals surface area contributed by atoms with Crippen molar-refractivity contribution in [3.05, 3.63) is 23.4 Å². The first kappa shape index (κ1) is 11.6. The summed E-state index contributed by atoms with van der Waals surface area (Å²) in [5.74, 6) is 6.61. The highest BCUT2D eigenvalue weighted by Gasteiger charge is 2.05. The van der Waals surface area contributed by atoms with Gasteiger partial charge in [0.05, 0.1) is 12.7 Å². The maximum Gasteiger partial charge on any atom is 0.239 e. The molecule has 0 fully saturated rings. The molecule has 0 aliphatic rings. The molecule has 0 atom stereocenters. The molecule has 0 saturated heterocycles. The second-order valence-corrected chi connectivity index (χ2v) is 3.63. The molecule has 8 nitrogen and oxygen atoms in total. The third-order valence-electron chi connectivity index (χ3n) is 1.93. The van der Waals surface area contributed by atoms with Gasteiger partial charge in [0.15, 0.2) is 11.6 Å². The number of rotatable bonds is 4. The van der Waals surface area contributed by atoms with Crippen molar-refractivity contribution in [2.75, 3.05) is 10.7 Å². The molecule has 17 heavy (non-hydrogen) atoms. The van der Waals surface area contributed by atoms with Crippen LogP contribution in [0.25, 0.3) is 0 Å². The minimum absolute atomic E-state index is 0.283. The van der Waals surface area contributed by atoms with Gasteiger partial charge in [-0.2, -0.15) is 10.1 Å². The number of hydrogen-bond acceptors (Lipinski definition) is 7. The standard InChI is InChI=1S/C8H11ClN8/c1-17-4-13-6(16-17)3-11-7-5(9)2-12-8(14-7)15-10/h2,4H,3,10H2,1H3,(H2,11,12,14,15). The van der Waals surface area contributed by atoms with Gasteiger partial charge in [0.2, 0.25) is 5.95 Å². The summed E-state index contributed by atoms with van der Waals surface area (Å²) in [7, 11) is 1.80. The molecule has 9 heteroatoms. The van der Waals surface area contributed by atoms with Crippen LogP contribution in [0.15, 0.2) is 12.5 Å². The first-order chi connectivity index (χ1) is 8.19. The second-order valence-electron chi connectivity index (χ2n) is 3.22. The number of nitrogens with two attached hydrogens (primary N) is 1. The lowest BCUT2D eigenvalue weighted by atomic mass is 10.5. The fourth-order valence-corrected chi connectivity index (χ4v) is 1.35. The van der Waals surface area contributed by atoms with Crippen molar-refractivity contribution < 1.29 is 0 Å². The van der Waals surface area contributed by atoms with E-state index >= 15 is 0 Å². The molecule has 0 aromatic carbocycles. The van der Waals surface area contributed by atoms with Crippen LogP contribution in [0, 0.1) is 0 Å². The van der Waals surface area contributed by atoms with E-state index in [0.717, 1.165) is 0 Å². The summed E-state index contributed by atoms with van der Waals surface area (Å²) in [6.45, 7) is 0.418. The van der Waals surface area contributed by atoms with Crippen LogP contribution in [0.2, 0.25) is 5.02 Å². The topological polar surface area (TPSA) is 107 Å². The van der Waals surface area contributed by atoms with Crippen LogP contribution in [0.1, 0.15) is 5.82 Å². The molecular formula is C8H11ClN8. The fourth-order valence-electron chi connectivity index (χ4n) is 1.19. The molecule has 0 aliphatic heterocycles. The third-order valence-corrected chi connectivity index (χ3v) is 2.21. The number of hydrazine groups is 1. The SMILES string of the molecule is Cn1cnc(CNc2nc(NN)ncc2Cl)n1. The maximum absolute atomic E-state index is 5.92. The van der Waals surface area contributed by atoms with E-state index in [0.29, 0.717) is 23.2 Å². The summed E-state index contributed by atoms with van der Waals surface area (Å²) in [6, 6.07) is 0. The summed E-state index contributed by atoms with van der Waals surface area (Å²) in [5, 5.41) is 7.52. The van der Waals surface area contributed by atoms with Gasteiger partial charge >= 0.3 is 0 Å². The lowest BCUT2D eigenvalue weighted by molar-refractivity contribution is 0.747. The average molecular weight is 255 g/mol. The van der Waals surface area contributed by atoms with Crippen LogP contribution in [-0.2, 0) is 13.6 Å². The van der Waals surface area contributed by atoms with Gasteiger partial charge in [0.1, 0.15) is 11.3 Å². The minimum atomic E-state index is 0.283. The van der Waals surface area contributed by atoms with Gasteiger partial charge in [-0.15, -0.1) is 0 Å². The number of nitrogen functional groups attached to an aromatic ring is 1. The van der Waals surface area contributed by atoms with Crippen LogP contribution in [0.4, 0.5) is 11.8 Å². The second kappa shape index (κ2) is 4.93. The highest BCUT2D eigenvalue weighted by atomic mass is 35.5. The number of hydrogen-bond donors (Lipinski definition) is 3. The summed E-state index contributed by atoms with van der Waals surface area (Å²) in [6.07, 6.45) is 3.07. The highest BCUT2D eigenvalue weighted by Crippen LogP contribution is 2.19. The number of nitrogens with zero attached hydrogens (tertiary/aromatic N) is 5. The Morgan fingerprint density at radius 2 is 2.29 bits per heavy atom. The Hall–Kier alpha value is -1.93. The molecule has 0 unspecified atom stereocenters. The van der Waals surface area contributed by atoms with Crippen LogP contribution < -0.4 is 16.6 Å². The van der Waals surface area contributed by atoms with E-state index in [1.165, 1.54) is 6.20 Å². The van der Waals surface area contributed by atoms with Crippen molar-refractivity contribution in [1.29, 1.82) is 0 Å². The summed E-state index contributed by atoms with van der Waals surface area (Å²) < 4.78 is 1.62. The molecule has 0 aliphatic carbocycles. The van der Waals surface area contributed by atoms with Gasteiger partial charge in [-0.25, -0.2) is 15.8 Å². The third kappa shape index (κ3) is 2.80. The van der Waals surface area contributed by atoms with E-state index in [2.05, 4.69) is 30.8 Å². The monoisotopic (exact) mass is 254 g/mol. The van der Waals surface area contributed by atoms with Gasteiger partial charge < -0.3 is 5.32 Å². The fraction of sp³-hybridized carbons (Fsp3) is 0.250. The minimum Gasteiger partial charge on any atom is -0.361 e. The van der Waals surface area contributed by atoms with Gasteiger partial charge in [-0.3, -0.25) is 10.1 Å². The van der Waals surface area contributed by atoms with Gasteiger partial charge in [-0.05, 0) is 0 Å². The summed E-state index contributed by atoms with van der Waals surface area (Å²) in [5.41, 5.74) is 2.34. The predicted molar refractivity (Wildman–Crippen MR) is 63.2 cm³/mol. The molecule has 0 saturated carbocycles. The maximum atomic E-state index is 5.92. The highest BCUT2D eigenvalue weighted by molar-refractivity contribution is 6.32. The molecule has 0 radical (unpaired) electrons. The van der Waals surface area contributed by atoms with E-state index in [-0.39, 0.29) is 5.95 Å². The zero-order chi connectivity index (χ0) is 12.3. The summed E-state index contributed by atoms with van der Waals surface area (Å²) in [4.78, 5) is 12.0. The number of halogens is 1. The Bertz CT molecular complexity index is 510. The van der Waals surface area contributed by atoms with E-state index in [9.17, 15) is 0 Å². The number of aryl methyl sites for hydroxylation is 1. The molecule has 2 heterocycles. The van der Waals surface area contributed by atoms with Crippen LogP contribution in [0.3, 0.4) is 0 Å². The summed E-state index contributed by atoms with van der Waals surface area (Å²) >= 11 is 5.92. The Balaban J connectivity index is 2.07. The molecule has 0 spiro atoms. The Kier molecular flexibility index (Phi) is 3.35. The van der Waals surface area contributed by atoms with Gasteiger partial charge in [0, 0.05) is 7.05 Å². The smallest absolute Gasteiger partial charge is 0.239 e. The zero-order valence-electron chi connectivity index (χ0n) is 9.05. The lowest BCUT2D eigenvalue weighted by Gasteiger charge is -2.06. The number of aromatic nitrogens is 5. The van der Waals surface area contributed by atoms with Crippen LogP contribution in [0.5, 0.6) is 0 Å². The van der Waals surface area contributed by atoms with E-state index in [1.807, 2.05) is 0 Å². The largest absolute Gasteiger partial charge is 0.361 e. The van der Waals surface area contributed by atoms with Crippen molar-refractivity contribution >= 4 is 23.4 Å². The lowest BCUT2D eigenvalue weighted by Crippen LogP contribution is -2.12. The molecular weight excluding hydrogens is 244 g/mol. The van der Waals surface area contributed by atoms with E-state index in [4.69, 9.17) is 17.4 Å². The number of anilines is 2. The number of nitrogens with one attached hydrogen (secondary N) is 2. The molecule has 2 aromatic heterocycles. The van der Waals surface area contributed by atoms with Crippen molar-refractivity contribution in [3.8, 4) is 0 Å². The van der Waals surface area contributed by atoms with Crippen molar-refractivity contribution in [1.82, 2.24) is 24.7 Å². The van der Waals surface area contributed by atoms with E-state index in [1.54, 1.807) is 18.1 Å². The van der Waals surface area contributed by atoms with Crippen LogP contribution in [-0.4, -0.2) is 24.7 Å². The van der Waals surface area contributed by atoms with Crippen molar-refractivity contribution in [2.45, 2.75) is 6.54 Å². The molecule has 4 N–H and O–H groups in total. The Morgan fingerprint density at radius 1 is 1.47 bits per heavy atom. The van der Waals surface area contributed by atoms with Gasteiger partial charge in [-0.1, -0.05) is 11.6 Å². The Morgan fingerprint density at radius 3 is 2.94 bits per heavy atom. The quantitative estimate of drug-likeness (QED) is 0.527. The van der Waals surface area contributed by atoms with Crippen molar-refractivity contribution in [3.63, 3.8) is 0 Å². The molecule has 0 amide bonds. The molecule has 2 rings (SSSR count). The Labute approximate surface area is 102 Å². The molecule has 0 bridgehead atoms. The average Bonchev–Trinajstić information content (AvgIpc) is 2.74. The van der Waals surface area contributed by atoms with Crippen LogP contribution >= 0.6 is 11.6 Å². The van der Waals surface area contributed by atoms with Crippen molar-refractivity contribution in [2.24, 2.45) is 12.9 Å². The zero-order valence-corrected chi connectivity index (χ0v) is 9.81. The molecule has 2 aromatic rings. The normalized spacial score (nSPS) is 10.3. The predicted octanol–water partition coefficient (Wildman–Crippen LogP) is 0.156.